The predicted octanol–water partition coefficient (Wildman–Crippen LogP) is 2.23. The first kappa shape index (κ1) is 19.2. The van der Waals surface area contributed by atoms with Gasteiger partial charge < -0.3 is 21.1 Å². The molecule has 0 spiro atoms. The Balaban J connectivity index is 1.69. The number of aliphatic hydroxyl groups is 1. The van der Waals surface area contributed by atoms with E-state index in [1.165, 1.54) is 6.20 Å². The van der Waals surface area contributed by atoms with Crippen LogP contribution in [0.4, 0.5) is 23.4 Å². The molecule has 4 N–H and O–H groups in total. The van der Waals surface area contributed by atoms with Crippen LogP contribution in [0, 0.1) is 0 Å². The molecule has 0 radical (unpaired) electrons. The number of amides is 1. The van der Waals surface area contributed by atoms with Gasteiger partial charge in [0.1, 0.15) is 11.6 Å². The summed E-state index contributed by atoms with van der Waals surface area (Å²) in [6.07, 6.45) is 2.12. The summed E-state index contributed by atoms with van der Waals surface area (Å²) >= 11 is 0. The van der Waals surface area contributed by atoms with E-state index >= 15 is 0 Å². The Morgan fingerprint density at radius 2 is 1.82 bits per heavy atom. The molecule has 144 valence electrons. The van der Waals surface area contributed by atoms with Crippen LogP contribution < -0.4 is 16.0 Å². The number of aromatic nitrogens is 4. The van der Waals surface area contributed by atoms with Gasteiger partial charge in [-0.2, -0.15) is 15.0 Å². The zero-order valence-electron chi connectivity index (χ0n) is 15.4. The molecule has 3 rings (SSSR count). The molecular weight excluding hydrogens is 358 g/mol. The maximum atomic E-state index is 12.3. The highest BCUT2D eigenvalue weighted by Crippen LogP contribution is 2.14. The Morgan fingerprint density at radius 3 is 2.50 bits per heavy atom. The molecule has 0 aliphatic carbocycles. The van der Waals surface area contributed by atoms with Gasteiger partial charge in [-0.05, 0) is 24.3 Å². The summed E-state index contributed by atoms with van der Waals surface area (Å²) in [5.41, 5.74) is 1.15. The maximum absolute atomic E-state index is 12.3. The maximum Gasteiger partial charge on any atom is 0.257 e. The topological polar surface area (TPSA) is 125 Å². The lowest BCUT2D eigenvalue weighted by Crippen LogP contribution is -2.13. The highest BCUT2D eigenvalue weighted by atomic mass is 16.3. The molecule has 0 aliphatic rings. The molecule has 28 heavy (non-hydrogen) atoms. The van der Waals surface area contributed by atoms with Crippen molar-refractivity contribution in [3.05, 3.63) is 60.0 Å². The van der Waals surface area contributed by atoms with Crippen molar-refractivity contribution in [1.29, 1.82) is 0 Å². The monoisotopic (exact) mass is 379 g/mol. The third-order valence-corrected chi connectivity index (χ3v) is 3.69. The first-order chi connectivity index (χ1) is 13.7. The summed E-state index contributed by atoms with van der Waals surface area (Å²) in [6, 6.07) is 12.6. The summed E-state index contributed by atoms with van der Waals surface area (Å²) in [7, 11) is 0. The first-order valence-corrected chi connectivity index (χ1v) is 8.87. The molecule has 0 aliphatic heterocycles. The van der Waals surface area contributed by atoms with Gasteiger partial charge in [-0.3, -0.25) is 4.79 Å². The number of aliphatic hydroxyl groups excluding tert-OH is 1. The zero-order chi connectivity index (χ0) is 19.8. The van der Waals surface area contributed by atoms with Gasteiger partial charge in [0.05, 0.1) is 12.2 Å². The molecule has 1 amide bonds. The zero-order valence-corrected chi connectivity index (χ0v) is 15.4. The van der Waals surface area contributed by atoms with Crippen LogP contribution in [-0.2, 0) is 6.42 Å². The van der Waals surface area contributed by atoms with Crippen LogP contribution >= 0.6 is 0 Å². The molecule has 0 fully saturated rings. The summed E-state index contributed by atoms with van der Waals surface area (Å²) in [6.45, 7) is 2.26. The van der Waals surface area contributed by atoms with E-state index in [0.29, 0.717) is 42.1 Å². The van der Waals surface area contributed by atoms with Crippen LogP contribution in [0.1, 0.15) is 23.1 Å². The van der Waals surface area contributed by atoms with Crippen LogP contribution in [0.5, 0.6) is 0 Å². The van der Waals surface area contributed by atoms with Crippen molar-refractivity contribution in [2.45, 2.75) is 13.3 Å². The van der Waals surface area contributed by atoms with E-state index in [1.54, 1.807) is 12.1 Å². The number of pyridine rings is 1. The van der Waals surface area contributed by atoms with Crippen molar-refractivity contribution in [3.8, 4) is 0 Å². The molecule has 9 nitrogen and oxygen atoms in total. The van der Waals surface area contributed by atoms with Crippen molar-refractivity contribution in [3.63, 3.8) is 0 Å². The molecule has 3 aromatic rings. The number of hydrogen-bond acceptors (Lipinski definition) is 8. The number of carbonyl (C=O) groups is 1. The van der Waals surface area contributed by atoms with Crippen molar-refractivity contribution < 1.29 is 9.90 Å². The van der Waals surface area contributed by atoms with Gasteiger partial charge in [0, 0.05) is 24.8 Å². The number of para-hydroxylation sites is 1. The average Bonchev–Trinajstić information content (AvgIpc) is 2.73. The Labute approximate surface area is 162 Å². The summed E-state index contributed by atoms with van der Waals surface area (Å²) in [4.78, 5) is 29.3. The van der Waals surface area contributed by atoms with Gasteiger partial charge >= 0.3 is 0 Å². The second kappa shape index (κ2) is 9.38. The predicted molar refractivity (Wildman–Crippen MR) is 107 cm³/mol. The first-order valence-electron chi connectivity index (χ1n) is 8.87. The van der Waals surface area contributed by atoms with E-state index < -0.39 is 0 Å². The number of nitrogens with zero attached hydrogens (tertiary/aromatic N) is 4. The van der Waals surface area contributed by atoms with E-state index in [4.69, 9.17) is 5.11 Å². The number of anilines is 4. The molecule has 1 aromatic carbocycles. The number of carbonyl (C=O) groups excluding carboxylic acids is 1. The molecule has 0 atom stereocenters. The van der Waals surface area contributed by atoms with E-state index in [2.05, 4.69) is 35.9 Å². The Bertz CT molecular complexity index is 917. The molecule has 0 bridgehead atoms. The van der Waals surface area contributed by atoms with E-state index in [1.807, 2.05) is 37.3 Å². The number of hydrogen-bond donors (Lipinski definition) is 4. The highest BCUT2D eigenvalue weighted by molar-refractivity contribution is 6.04. The fraction of sp³-hybridized carbons (Fsp3) is 0.211. The largest absolute Gasteiger partial charge is 0.395 e. The number of benzene rings is 1. The number of aryl methyl sites for hydroxylation is 1. The number of rotatable bonds is 8. The third-order valence-electron chi connectivity index (χ3n) is 3.69. The van der Waals surface area contributed by atoms with Crippen LogP contribution in [0.3, 0.4) is 0 Å². The van der Waals surface area contributed by atoms with Crippen LogP contribution in [-0.4, -0.2) is 44.1 Å². The third kappa shape index (κ3) is 5.21. The van der Waals surface area contributed by atoms with E-state index in [-0.39, 0.29) is 12.5 Å². The van der Waals surface area contributed by atoms with Crippen molar-refractivity contribution in [1.82, 2.24) is 19.9 Å². The van der Waals surface area contributed by atoms with Gasteiger partial charge in [-0.1, -0.05) is 25.1 Å². The lowest BCUT2D eigenvalue weighted by molar-refractivity contribution is 0.102. The van der Waals surface area contributed by atoms with E-state index in [9.17, 15) is 4.79 Å². The smallest absolute Gasteiger partial charge is 0.257 e. The van der Waals surface area contributed by atoms with Crippen molar-refractivity contribution >= 4 is 29.3 Å². The van der Waals surface area contributed by atoms with Crippen molar-refractivity contribution in [2.24, 2.45) is 0 Å². The van der Waals surface area contributed by atoms with Gasteiger partial charge in [-0.15, -0.1) is 0 Å². The van der Waals surface area contributed by atoms with Gasteiger partial charge in [0.15, 0.2) is 0 Å². The molecular formula is C19H21N7O2. The molecule has 2 heterocycles. The second-order valence-corrected chi connectivity index (χ2v) is 5.78. The minimum absolute atomic E-state index is 0.0238. The van der Waals surface area contributed by atoms with Crippen LogP contribution in [0.15, 0.2) is 48.7 Å². The van der Waals surface area contributed by atoms with E-state index in [0.717, 1.165) is 5.69 Å². The Hall–Kier alpha value is -3.59. The SMILES string of the molecule is CCc1nc(NCCO)nc(Nc2ccc(C(=O)Nc3ccccc3)cn2)n1. The van der Waals surface area contributed by atoms with Crippen molar-refractivity contribution in [2.75, 3.05) is 29.1 Å². The normalized spacial score (nSPS) is 10.4. The fourth-order valence-electron chi connectivity index (χ4n) is 2.32. The number of nitrogens with one attached hydrogen (secondary N) is 3. The fourth-order valence-corrected chi connectivity index (χ4v) is 2.32. The van der Waals surface area contributed by atoms with Gasteiger partial charge in [0.25, 0.3) is 5.91 Å². The lowest BCUT2D eigenvalue weighted by Gasteiger charge is -2.09. The second-order valence-electron chi connectivity index (χ2n) is 5.78. The molecule has 0 unspecified atom stereocenters. The molecule has 2 aromatic heterocycles. The average molecular weight is 379 g/mol. The minimum atomic E-state index is -0.242. The summed E-state index contributed by atoms with van der Waals surface area (Å²) < 4.78 is 0. The summed E-state index contributed by atoms with van der Waals surface area (Å²) in [5, 5.41) is 17.7. The Morgan fingerprint density at radius 1 is 1.04 bits per heavy atom. The molecule has 0 saturated heterocycles. The summed E-state index contributed by atoms with van der Waals surface area (Å²) in [5.74, 6) is 1.58. The lowest BCUT2D eigenvalue weighted by atomic mass is 10.2. The molecule has 0 saturated carbocycles. The quantitative estimate of drug-likeness (QED) is 0.470. The van der Waals surface area contributed by atoms with Crippen LogP contribution in [0.25, 0.3) is 0 Å². The van der Waals surface area contributed by atoms with Crippen LogP contribution in [0.2, 0.25) is 0 Å². The van der Waals surface area contributed by atoms with Gasteiger partial charge in [-0.25, -0.2) is 4.98 Å². The minimum Gasteiger partial charge on any atom is -0.395 e. The molecule has 9 heteroatoms. The van der Waals surface area contributed by atoms with Gasteiger partial charge in [0.2, 0.25) is 11.9 Å². The standard InChI is InChI=1S/C19H21N7O2/c1-2-15-23-18(20-10-11-27)26-19(24-15)25-16-9-8-13(12-21-16)17(28)22-14-6-4-3-5-7-14/h3-9,12,27H,2,10-11H2,1H3,(H,22,28)(H2,20,21,23,24,25,26). The highest BCUT2D eigenvalue weighted by Gasteiger charge is 2.09. The Kier molecular flexibility index (Phi) is 6.42.